The summed E-state index contributed by atoms with van der Waals surface area (Å²) in [4.78, 5) is 32.6. The largest absolute Gasteiger partial charge is 0.341 e. The zero-order chi connectivity index (χ0) is 28.7. The first-order valence-corrected chi connectivity index (χ1v) is 13.1. The molecule has 1 heterocycles. The zero-order valence-electron chi connectivity index (χ0n) is 18.9. The highest BCUT2D eigenvalue weighted by molar-refractivity contribution is 7.86. The summed E-state index contributed by atoms with van der Waals surface area (Å²) in [6.07, 6.45) is 0.286. The Hall–Kier alpha value is -4.98. The molecule has 3 aromatic carbocycles. The molecule has 39 heavy (non-hydrogen) atoms. The van der Waals surface area contributed by atoms with Crippen LogP contribution in [0.25, 0.3) is 22.8 Å². The van der Waals surface area contributed by atoms with Gasteiger partial charge in [-0.3, -0.25) is 34.1 Å². The van der Waals surface area contributed by atoms with E-state index in [0.29, 0.717) is 6.07 Å². The third kappa shape index (κ3) is 5.36. The summed E-state index contributed by atoms with van der Waals surface area (Å²) in [5.41, 5.74) is -1.39. The molecule has 0 atom stereocenters. The summed E-state index contributed by atoms with van der Waals surface area (Å²) in [7, 11) is -10.0. The van der Waals surface area contributed by atoms with Crippen LogP contribution in [0, 0.1) is 20.2 Å². The first kappa shape index (κ1) is 27.1. The molecule has 0 saturated heterocycles. The zero-order valence-corrected chi connectivity index (χ0v) is 20.6. The van der Waals surface area contributed by atoms with Gasteiger partial charge in [-0.05, 0) is 46.3 Å². The van der Waals surface area contributed by atoms with Crippen LogP contribution in [0.5, 0.6) is 0 Å². The number of tetrazole rings is 1. The second-order valence-electron chi connectivity index (χ2n) is 7.60. The monoisotopic (exact) mass is 577 g/mol. The summed E-state index contributed by atoms with van der Waals surface area (Å²) in [5.74, 6) is -0.460. The van der Waals surface area contributed by atoms with Gasteiger partial charge in [0.15, 0.2) is 12.0 Å². The molecule has 0 amide bonds. The van der Waals surface area contributed by atoms with Crippen LogP contribution in [0.4, 0.5) is 11.4 Å². The number of carbonyl (C=O) groups is 1. The molecule has 1 aromatic heterocycles. The Morgan fingerprint density at radius 1 is 0.846 bits per heavy atom. The minimum absolute atomic E-state index is 0.0873. The Morgan fingerprint density at radius 2 is 1.46 bits per heavy atom. The molecule has 0 aliphatic heterocycles. The number of hydrogen-bond acceptors (Lipinski definition) is 11. The lowest BCUT2D eigenvalue weighted by molar-refractivity contribution is -0.734. The maximum atomic E-state index is 12.1. The van der Waals surface area contributed by atoms with Crippen molar-refractivity contribution in [3.63, 3.8) is 0 Å². The first-order chi connectivity index (χ1) is 18.2. The van der Waals surface area contributed by atoms with Crippen molar-refractivity contribution >= 4 is 37.9 Å². The molecular formula is C20H13N6O11S2+. The third-order valence-corrected chi connectivity index (χ3v) is 6.93. The molecular weight excluding hydrogens is 564 g/mol. The third-order valence-electron chi connectivity index (χ3n) is 5.18. The normalized spacial score (nSPS) is 11.7. The SMILES string of the molecule is O=Cc1cc([N+](=O)[O-])ccc1-[n+]1nc(-c2ccc(S(=O)(=O)O)cc2S(=O)(=O)O)nn1-c1ccc([N+](=O)[O-])cc1. The van der Waals surface area contributed by atoms with Crippen molar-refractivity contribution in [3.8, 4) is 22.8 Å². The van der Waals surface area contributed by atoms with Gasteiger partial charge in [0.05, 0.1) is 31.0 Å². The van der Waals surface area contributed by atoms with Crippen LogP contribution in [-0.4, -0.2) is 57.1 Å². The lowest BCUT2D eigenvalue weighted by Gasteiger charge is -2.03. The summed E-state index contributed by atoms with van der Waals surface area (Å²) in [6.45, 7) is 0. The van der Waals surface area contributed by atoms with Crippen molar-refractivity contribution < 1.29 is 45.4 Å². The Morgan fingerprint density at radius 3 is 2.00 bits per heavy atom. The highest BCUT2D eigenvalue weighted by Gasteiger charge is 2.31. The van der Waals surface area contributed by atoms with E-state index in [1.165, 1.54) is 12.1 Å². The number of rotatable bonds is 8. The number of nitro groups is 2. The van der Waals surface area contributed by atoms with Crippen LogP contribution >= 0.6 is 0 Å². The topological polar surface area (TPSA) is 247 Å². The molecule has 4 rings (SSSR count). The van der Waals surface area contributed by atoms with Crippen LogP contribution < -0.4 is 4.80 Å². The standard InChI is InChI=1S/C20H12N6O11S2/c27-11-12-9-15(26(30)31)5-8-18(12)24-22-20(21-23(24)13-1-3-14(4-2-13)25(28)29)17-7-6-16(38(32,33)34)10-19(17)39(35,36)37/h1-11H,(H-,32,33,34,35,36,37)/p+1. The van der Waals surface area contributed by atoms with Crippen LogP contribution in [0.3, 0.4) is 0 Å². The first-order valence-electron chi connectivity index (χ1n) is 10.2. The van der Waals surface area contributed by atoms with Crippen LogP contribution in [0.15, 0.2) is 70.5 Å². The van der Waals surface area contributed by atoms with Crippen LogP contribution in [-0.2, 0) is 20.2 Å². The van der Waals surface area contributed by atoms with E-state index in [4.69, 9.17) is 0 Å². The number of hydrogen-bond donors (Lipinski definition) is 2. The van der Waals surface area contributed by atoms with Gasteiger partial charge in [0.2, 0.25) is 0 Å². The molecule has 200 valence electrons. The summed E-state index contributed by atoms with van der Waals surface area (Å²) in [6, 6.07) is 10.0. The van der Waals surface area contributed by atoms with Gasteiger partial charge in [-0.1, -0.05) is 0 Å². The van der Waals surface area contributed by atoms with Crippen molar-refractivity contribution in [3.05, 3.63) is 86.5 Å². The Balaban J connectivity index is 2.03. The van der Waals surface area contributed by atoms with Crippen molar-refractivity contribution in [1.82, 2.24) is 15.0 Å². The van der Waals surface area contributed by atoms with E-state index >= 15 is 0 Å². The van der Waals surface area contributed by atoms with E-state index in [2.05, 4.69) is 10.2 Å². The fourth-order valence-electron chi connectivity index (χ4n) is 3.42. The van der Waals surface area contributed by atoms with Gasteiger partial charge in [0, 0.05) is 29.1 Å². The Labute approximate surface area is 217 Å². The molecule has 0 aliphatic rings. The van der Waals surface area contributed by atoms with E-state index in [1.54, 1.807) is 0 Å². The minimum Gasteiger partial charge on any atom is -0.298 e. The van der Waals surface area contributed by atoms with E-state index < -0.39 is 56.9 Å². The molecule has 0 radical (unpaired) electrons. The van der Waals surface area contributed by atoms with Crippen molar-refractivity contribution in [2.75, 3.05) is 0 Å². The molecule has 0 spiro atoms. The van der Waals surface area contributed by atoms with Crippen LogP contribution in [0.1, 0.15) is 10.4 Å². The molecule has 17 nitrogen and oxygen atoms in total. The summed E-state index contributed by atoms with van der Waals surface area (Å²) < 4.78 is 66.2. The molecule has 0 fully saturated rings. The molecule has 0 bridgehead atoms. The van der Waals surface area contributed by atoms with Gasteiger partial charge in [-0.2, -0.15) is 16.8 Å². The number of non-ortho nitro benzene ring substituents is 2. The highest BCUT2D eigenvalue weighted by atomic mass is 32.2. The summed E-state index contributed by atoms with van der Waals surface area (Å²) >= 11 is 0. The van der Waals surface area contributed by atoms with Gasteiger partial charge in [0.25, 0.3) is 31.6 Å². The lowest BCUT2D eigenvalue weighted by atomic mass is 10.2. The maximum absolute atomic E-state index is 12.1. The number of aldehydes is 1. The average Bonchev–Trinajstić information content (AvgIpc) is 3.32. The van der Waals surface area contributed by atoms with E-state index in [0.717, 1.165) is 52.1 Å². The molecule has 19 heteroatoms. The number of nitrogens with zero attached hydrogens (tertiary/aromatic N) is 6. The fraction of sp³-hybridized carbons (Fsp3) is 0. The van der Waals surface area contributed by atoms with Gasteiger partial charge < -0.3 is 0 Å². The molecule has 0 aliphatic carbocycles. The second-order valence-corrected chi connectivity index (χ2v) is 10.4. The highest BCUT2D eigenvalue weighted by Crippen LogP contribution is 2.28. The quantitative estimate of drug-likeness (QED) is 0.0987. The number of carbonyl (C=O) groups excluding carboxylic acids is 1. The van der Waals surface area contributed by atoms with Gasteiger partial charge in [-0.15, -0.1) is 0 Å². The van der Waals surface area contributed by atoms with Crippen molar-refractivity contribution in [2.45, 2.75) is 9.79 Å². The maximum Gasteiger partial charge on any atom is 0.341 e. The number of nitro benzene ring substituents is 2. The van der Waals surface area contributed by atoms with Gasteiger partial charge in [-0.25, -0.2) is 0 Å². The number of aromatic nitrogens is 4. The molecule has 0 unspecified atom stereocenters. The van der Waals surface area contributed by atoms with E-state index in [1.807, 2.05) is 0 Å². The lowest BCUT2D eigenvalue weighted by Crippen LogP contribution is -2.44. The predicted molar refractivity (Wildman–Crippen MR) is 127 cm³/mol. The second kappa shape index (κ2) is 9.72. The van der Waals surface area contributed by atoms with E-state index in [-0.39, 0.29) is 28.9 Å². The van der Waals surface area contributed by atoms with Crippen molar-refractivity contribution in [2.24, 2.45) is 0 Å². The van der Waals surface area contributed by atoms with Gasteiger partial charge in [0.1, 0.15) is 10.6 Å². The molecule has 2 N–H and O–H groups in total. The minimum atomic E-state index is -5.12. The van der Waals surface area contributed by atoms with Crippen molar-refractivity contribution in [1.29, 1.82) is 0 Å². The fourth-order valence-corrected chi connectivity index (χ4v) is 4.71. The van der Waals surface area contributed by atoms with Crippen LogP contribution in [0.2, 0.25) is 0 Å². The Kier molecular flexibility index (Phi) is 6.74. The van der Waals surface area contributed by atoms with E-state index in [9.17, 15) is 51.0 Å². The smallest absolute Gasteiger partial charge is 0.298 e. The molecule has 4 aromatic rings. The number of benzene rings is 3. The Bertz CT molecular complexity index is 1890. The summed E-state index contributed by atoms with van der Waals surface area (Å²) in [5, 5.41) is 30.5. The van der Waals surface area contributed by atoms with Gasteiger partial charge >= 0.3 is 5.82 Å². The average molecular weight is 577 g/mol. The molecule has 0 saturated carbocycles. The predicted octanol–water partition coefficient (Wildman–Crippen LogP) is 1.33.